The molecule has 5 nitrogen and oxygen atoms in total. The van der Waals surface area contributed by atoms with Crippen LogP contribution in [0.25, 0.3) is 6.08 Å². The number of rotatable bonds is 2. The van der Waals surface area contributed by atoms with Crippen LogP contribution in [0.3, 0.4) is 0 Å². The third-order valence-corrected chi connectivity index (χ3v) is 6.98. The van der Waals surface area contributed by atoms with E-state index < -0.39 is 0 Å². The molecule has 27 heavy (non-hydrogen) atoms. The molecule has 4 bridgehead atoms. The van der Waals surface area contributed by atoms with Crippen LogP contribution < -0.4 is 9.47 Å². The summed E-state index contributed by atoms with van der Waals surface area (Å²) in [6, 6.07) is 5.70. The second kappa shape index (κ2) is 5.60. The predicted octanol–water partition coefficient (Wildman–Crippen LogP) is 3.97. The van der Waals surface area contributed by atoms with Crippen LogP contribution in [-0.2, 0) is 9.53 Å². The molecular formula is C22H23NO4. The van der Waals surface area contributed by atoms with Crippen molar-refractivity contribution >= 4 is 17.9 Å². The molecule has 5 heteroatoms. The Hall–Kier alpha value is -2.30. The van der Waals surface area contributed by atoms with E-state index in [1.165, 1.54) is 19.3 Å². The van der Waals surface area contributed by atoms with E-state index in [1.54, 1.807) is 6.08 Å². The van der Waals surface area contributed by atoms with E-state index >= 15 is 0 Å². The van der Waals surface area contributed by atoms with Crippen LogP contribution in [-0.4, -0.2) is 25.1 Å². The summed E-state index contributed by atoms with van der Waals surface area (Å²) >= 11 is 0. The minimum Gasteiger partial charge on any atom is -0.486 e. The largest absolute Gasteiger partial charge is 0.486 e. The van der Waals surface area contributed by atoms with Crippen molar-refractivity contribution in [1.29, 1.82) is 0 Å². The lowest BCUT2D eigenvalue weighted by atomic mass is 9.49. The van der Waals surface area contributed by atoms with Crippen LogP contribution in [0.2, 0.25) is 0 Å². The molecule has 0 saturated heterocycles. The third-order valence-electron chi connectivity index (χ3n) is 6.98. The number of esters is 1. The molecular weight excluding hydrogens is 342 g/mol. The minimum atomic E-state index is -0.323. The van der Waals surface area contributed by atoms with Crippen LogP contribution in [0.4, 0.5) is 0 Å². The van der Waals surface area contributed by atoms with Crippen molar-refractivity contribution in [3.63, 3.8) is 0 Å². The van der Waals surface area contributed by atoms with Gasteiger partial charge in [0.15, 0.2) is 17.2 Å². The molecule has 1 aromatic carbocycles. The van der Waals surface area contributed by atoms with Gasteiger partial charge in [-0.1, -0.05) is 6.07 Å². The number of fused-ring (bicyclic) bond motifs is 1. The number of carbonyl (C=O) groups is 1. The maximum Gasteiger partial charge on any atom is 0.363 e. The second-order valence-electron chi connectivity index (χ2n) is 8.94. The summed E-state index contributed by atoms with van der Waals surface area (Å²) in [5.74, 6) is 4.21. The molecule has 4 saturated carbocycles. The lowest BCUT2D eigenvalue weighted by Gasteiger charge is -2.55. The van der Waals surface area contributed by atoms with E-state index in [2.05, 4.69) is 0 Å². The van der Waals surface area contributed by atoms with Gasteiger partial charge in [-0.3, -0.25) is 0 Å². The zero-order chi connectivity index (χ0) is 18.0. The first-order chi connectivity index (χ1) is 13.2. The van der Waals surface area contributed by atoms with E-state index in [0.717, 1.165) is 48.3 Å². The number of hydrogen-bond donors (Lipinski definition) is 0. The Bertz CT molecular complexity index is 849. The third kappa shape index (κ3) is 2.51. The predicted molar refractivity (Wildman–Crippen MR) is 99.5 cm³/mol. The van der Waals surface area contributed by atoms with E-state index in [0.29, 0.717) is 30.6 Å². The van der Waals surface area contributed by atoms with Crippen molar-refractivity contribution in [2.75, 3.05) is 13.2 Å². The van der Waals surface area contributed by atoms with Gasteiger partial charge in [-0.2, -0.15) is 0 Å². The standard InChI is InChI=1S/C22H23NO4/c24-20-17(8-13-1-2-18-19(9-13)26-4-3-25-18)23-21(27-20)22-10-14-5-15(11-22)7-16(6-14)12-22/h1-2,8-9,14-16H,3-7,10-12H2. The van der Waals surface area contributed by atoms with Gasteiger partial charge in [0.2, 0.25) is 5.90 Å². The van der Waals surface area contributed by atoms with Gasteiger partial charge >= 0.3 is 5.97 Å². The number of cyclic esters (lactones) is 1. The van der Waals surface area contributed by atoms with Crippen molar-refractivity contribution in [3.05, 3.63) is 29.5 Å². The van der Waals surface area contributed by atoms with Gasteiger partial charge in [-0.15, -0.1) is 0 Å². The molecule has 0 aromatic heterocycles. The summed E-state index contributed by atoms with van der Waals surface area (Å²) in [6.45, 7) is 1.11. The second-order valence-corrected chi connectivity index (χ2v) is 8.94. The normalized spacial score (nSPS) is 37.5. The molecule has 0 unspecified atom stereocenters. The van der Waals surface area contributed by atoms with Crippen LogP contribution >= 0.6 is 0 Å². The van der Waals surface area contributed by atoms with E-state index in [1.807, 2.05) is 18.2 Å². The molecule has 140 valence electrons. The summed E-state index contributed by atoms with van der Waals surface area (Å²) in [5.41, 5.74) is 1.28. The van der Waals surface area contributed by atoms with Crippen LogP contribution in [0.1, 0.15) is 44.1 Å². The number of ether oxygens (including phenoxy) is 3. The van der Waals surface area contributed by atoms with Crippen molar-refractivity contribution < 1.29 is 19.0 Å². The highest BCUT2D eigenvalue weighted by atomic mass is 16.6. The average Bonchev–Trinajstić information content (AvgIpc) is 3.02. The van der Waals surface area contributed by atoms with Crippen LogP contribution in [0, 0.1) is 23.2 Å². The first-order valence-electron chi connectivity index (χ1n) is 10.1. The molecule has 4 aliphatic carbocycles. The van der Waals surface area contributed by atoms with Gasteiger partial charge in [0.25, 0.3) is 0 Å². The molecule has 6 aliphatic rings. The Labute approximate surface area is 158 Å². The number of carbonyl (C=O) groups excluding carboxylic acids is 1. The fraction of sp³-hybridized carbons (Fsp3) is 0.545. The fourth-order valence-corrected chi connectivity index (χ4v) is 6.32. The molecule has 2 aliphatic heterocycles. The quantitative estimate of drug-likeness (QED) is 0.588. The molecule has 0 atom stereocenters. The first kappa shape index (κ1) is 15.7. The number of hydrogen-bond acceptors (Lipinski definition) is 5. The van der Waals surface area contributed by atoms with Gasteiger partial charge in [0, 0.05) is 5.41 Å². The van der Waals surface area contributed by atoms with Crippen LogP contribution in [0.5, 0.6) is 11.5 Å². The first-order valence-corrected chi connectivity index (χ1v) is 10.1. The zero-order valence-corrected chi connectivity index (χ0v) is 15.3. The molecule has 7 rings (SSSR count). The van der Waals surface area contributed by atoms with Gasteiger partial charge < -0.3 is 14.2 Å². The number of benzene rings is 1. The highest BCUT2D eigenvalue weighted by molar-refractivity contribution is 6.09. The summed E-state index contributed by atoms with van der Waals surface area (Å²) in [7, 11) is 0. The van der Waals surface area contributed by atoms with Crippen molar-refractivity contribution in [1.82, 2.24) is 0 Å². The Balaban J connectivity index is 1.32. The van der Waals surface area contributed by atoms with Crippen molar-refractivity contribution in [2.45, 2.75) is 38.5 Å². The number of nitrogens with zero attached hydrogens (tertiary/aromatic N) is 1. The smallest absolute Gasteiger partial charge is 0.363 e. The van der Waals surface area contributed by atoms with E-state index in [4.69, 9.17) is 19.2 Å². The molecule has 4 fully saturated rings. The van der Waals surface area contributed by atoms with Gasteiger partial charge in [0.1, 0.15) is 13.2 Å². The minimum absolute atomic E-state index is 0.00675. The van der Waals surface area contributed by atoms with Gasteiger partial charge in [0.05, 0.1) is 0 Å². The monoisotopic (exact) mass is 365 g/mol. The Morgan fingerprint density at radius 1 is 0.963 bits per heavy atom. The molecule has 1 aromatic rings. The molecule has 0 radical (unpaired) electrons. The summed E-state index contributed by atoms with van der Waals surface area (Å²) in [5, 5.41) is 0. The van der Waals surface area contributed by atoms with Gasteiger partial charge in [-0.25, -0.2) is 9.79 Å². The summed E-state index contributed by atoms with van der Waals surface area (Å²) in [6.07, 6.45) is 9.31. The SMILES string of the molecule is O=C1OC(C23CC4CC(CC(C4)C2)C3)=NC1=Cc1ccc2c(c1)OCCO2. The van der Waals surface area contributed by atoms with Crippen LogP contribution in [0.15, 0.2) is 28.9 Å². The Kier molecular flexibility index (Phi) is 3.26. The maximum atomic E-state index is 12.5. The lowest BCUT2D eigenvalue weighted by molar-refractivity contribution is -0.131. The molecule has 0 N–H and O–H groups in total. The summed E-state index contributed by atoms with van der Waals surface area (Å²) in [4.78, 5) is 17.2. The topological polar surface area (TPSA) is 57.1 Å². The Morgan fingerprint density at radius 2 is 1.63 bits per heavy atom. The fourth-order valence-electron chi connectivity index (χ4n) is 6.32. The highest BCUT2D eigenvalue weighted by Crippen LogP contribution is 2.61. The average molecular weight is 365 g/mol. The molecule has 2 heterocycles. The van der Waals surface area contributed by atoms with E-state index in [-0.39, 0.29) is 11.4 Å². The maximum absolute atomic E-state index is 12.5. The van der Waals surface area contributed by atoms with Gasteiger partial charge in [-0.05, 0) is 80.1 Å². The van der Waals surface area contributed by atoms with Crippen molar-refractivity contribution in [3.8, 4) is 11.5 Å². The summed E-state index contributed by atoms with van der Waals surface area (Å²) < 4.78 is 16.9. The van der Waals surface area contributed by atoms with Crippen molar-refractivity contribution in [2.24, 2.45) is 28.2 Å². The highest BCUT2D eigenvalue weighted by Gasteiger charge is 2.55. The lowest BCUT2D eigenvalue weighted by Crippen LogP contribution is -2.50. The Morgan fingerprint density at radius 3 is 2.33 bits per heavy atom. The zero-order valence-electron chi connectivity index (χ0n) is 15.3. The molecule has 0 amide bonds. The van der Waals surface area contributed by atoms with E-state index in [9.17, 15) is 4.79 Å². The molecule has 0 spiro atoms. The number of aliphatic imine (C=N–C) groups is 1.